The van der Waals surface area contributed by atoms with Crippen LogP contribution in [0.5, 0.6) is 0 Å². The molecule has 3 aliphatic heterocycles. The number of carboxylic acids is 1. The lowest BCUT2D eigenvalue weighted by Gasteiger charge is -2.49. The van der Waals surface area contributed by atoms with Gasteiger partial charge in [-0.05, 0) is 22.3 Å². The summed E-state index contributed by atoms with van der Waals surface area (Å²) in [4.78, 5) is 62.1. The van der Waals surface area contributed by atoms with Gasteiger partial charge in [0.1, 0.15) is 35.5 Å². The molecule has 2 saturated heterocycles. The summed E-state index contributed by atoms with van der Waals surface area (Å²) in [5, 5.41) is 21.9. The number of fused-ring (bicyclic) bond motifs is 1. The molecule has 2 amide bonds. The van der Waals surface area contributed by atoms with Crippen molar-refractivity contribution in [3.8, 4) is 0 Å². The van der Waals surface area contributed by atoms with E-state index < -0.39 is 46.6 Å². The highest BCUT2D eigenvalue weighted by Gasteiger charge is 2.55. The molecule has 3 N–H and O–H groups in total. The summed E-state index contributed by atoms with van der Waals surface area (Å²) in [5.41, 5.74) is 2.45. The molecule has 2 fully saturated rings. The van der Waals surface area contributed by atoms with Gasteiger partial charge < -0.3 is 25.3 Å². The number of nitrogens with one attached hydrogen (secondary N) is 2. The Balaban J connectivity index is 1.16. The molecular weight excluding hydrogens is 679 g/mol. The maximum Gasteiger partial charge on any atom is 0.352 e. The summed E-state index contributed by atoms with van der Waals surface area (Å²) < 4.78 is 5.04. The zero-order chi connectivity index (χ0) is 34.8. The number of rotatable bonds is 11. The number of hydrogen-bond donors (Lipinski definition) is 3. The lowest BCUT2D eigenvalue weighted by molar-refractivity contribution is -0.150. The van der Waals surface area contributed by atoms with Crippen LogP contribution in [0.25, 0.3) is 0 Å². The topological polar surface area (TPSA) is 160 Å². The first-order valence-electron chi connectivity index (χ1n) is 15.7. The van der Waals surface area contributed by atoms with E-state index in [1.165, 1.54) is 35.1 Å². The number of thioether (sulfide) groups is 1. The van der Waals surface area contributed by atoms with Gasteiger partial charge in [0.15, 0.2) is 10.8 Å². The van der Waals surface area contributed by atoms with E-state index in [9.17, 15) is 24.3 Å². The van der Waals surface area contributed by atoms with E-state index in [1.54, 1.807) is 5.38 Å². The number of amides is 2. The number of benzene rings is 3. The molecule has 3 atom stereocenters. The summed E-state index contributed by atoms with van der Waals surface area (Å²) in [6.45, 7) is 0.0723. The molecule has 12 nitrogen and oxygen atoms in total. The molecular formula is C36H31N5O7S2. The standard InChI is InChI=1S/C36H31N5O7S2/c1-47-40-28(31(43)38-29-32(44)41-30(34(45)46)25(19-49-33(29)41)21-17-27(42)48-18-21)26-20-50-35(37-26)39-36(22-11-5-2-6-12-22,23-13-7-3-8-14-23)24-15-9-4-10-16-24/h2-16,20-21,29,33H,17-19H2,1H3,(H,37,39)(H,38,43)(H,45,46)/b40-28+/t21?,29-,33-/m1/s1. The molecule has 4 aromatic rings. The summed E-state index contributed by atoms with van der Waals surface area (Å²) >= 11 is 2.60. The summed E-state index contributed by atoms with van der Waals surface area (Å²) in [6, 6.07) is 29.0. The van der Waals surface area contributed by atoms with Crippen molar-refractivity contribution < 1.29 is 33.9 Å². The van der Waals surface area contributed by atoms with Crippen LogP contribution in [0.3, 0.4) is 0 Å². The second-order valence-electron chi connectivity index (χ2n) is 11.8. The quantitative estimate of drug-likeness (QED) is 0.0678. The van der Waals surface area contributed by atoms with Gasteiger partial charge >= 0.3 is 11.9 Å². The minimum absolute atomic E-state index is 0.0596. The van der Waals surface area contributed by atoms with Crippen LogP contribution in [0, 0.1) is 5.92 Å². The Hall–Kier alpha value is -5.47. The molecule has 1 unspecified atom stereocenters. The van der Waals surface area contributed by atoms with Crippen molar-refractivity contribution >= 4 is 57.7 Å². The minimum atomic E-state index is -1.27. The largest absolute Gasteiger partial charge is 0.477 e. The maximum absolute atomic E-state index is 13.7. The van der Waals surface area contributed by atoms with Gasteiger partial charge in [-0.15, -0.1) is 23.1 Å². The number of oxime groups is 1. The molecule has 254 valence electrons. The van der Waals surface area contributed by atoms with Crippen LogP contribution in [0.1, 0.15) is 28.8 Å². The van der Waals surface area contributed by atoms with Crippen molar-refractivity contribution in [3.63, 3.8) is 0 Å². The van der Waals surface area contributed by atoms with Crippen molar-refractivity contribution in [3.05, 3.63) is 130 Å². The van der Waals surface area contributed by atoms with E-state index in [-0.39, 0.29) is 35.9 Å². The monoisotopic (exact) mass is 709 g/mol. The SMILES string of the molecule is CO/N=C(/C(=O)N[C@@H]1C(=O)N2C(C(=O)O)=C(C3COC(=O)C3)CS[C@H]12)c1csc(NC(c2ccccc2)(c2ccccc2)c2ccccc2)n1. The number of aromatic nitrogens is 1. The lowest BCUT2D eigenvalue weighted by Crippen LogP contribution is -2.71. The van der Waals surface area contributed by atoms with E-state index in [1.807, 2.05) is 91.0 Å². The summed E-state index contributed by atoms with van der Waals surface area (Å²) in [7, 11) is 1.31. The highest BCUT2D eigenvalue weighted by atomic mass is 32.2. The highest BCUT2D eigenvalue weighted by Crippen LogP contribution is 2.44. The van der Waals surface area contributed by atoms with E-state index in [0.717, 1.165) is 16.7 Å². The van der Waals surface area contributed by atoms with Crippen LogP contribution in [0.4, 0.5) is 5.13 Å². The first-order chi connectivity index (χ1) is 24.3. The second kappa shape index (κ2) is 13.8. The molecule has 0 radical (unpaired) electrons. The van der Waals surface area contributed by atoms with Crippen LogP contribution in [-0.4, -0.2) is 75.3 Å². The Labute approximate surface area is 295 Å². The van der Waals surface area contributed by atoms with Crippen molar-refractivity contribution in [2.45, 2.75) is 23.4 Å². The van der Waals surface area contributed by atoms with Gasteiger partial charge in [-0.3, -0.25) is 19.3 Å². The predicted molar refractivity (Wildman–Crippen MR) is 187 cm³/mol. The molecule has 1 aromatic heterocycles. The molecule has 50 heavy (non-hydrogen) atoms. The highest BCUT2D eigenvalue weighted by molar-refractivity contribution is 8.00. The minimum Gasteiger partial charge on any atom is -0.477 e. The average molecular weight is 710 g/mol. The number of ether oxygens (including phenoxy) is 1. The molecule has 0 spiro atoms. The third-order valence-electron chi connectivity index (χ3n) is 8.90. The fourth-order valence-corrected chi connectivity index (χ4v) is 8.79. The first kappa shape index (κ1) is 33.0. The van der Waals surface area contributed by atoms with Crippen molar-refractivity contribution in [1.82, 2.24) is 15.2 Å². The van der Waals surface area contributed by atoms with Crippen molar-refractivity contribution in [2.24, 2.45) is 11.1 Å². The fraction of sp³-hybridized carbons (Fsp3) is 0.222. The van der Waals surface area contributed by atoms with Crippen LogP contribution < -0.4 is 10.6 Å². The van der Waals surface area contributed by atoms with Crippen LogP contribution in [0.2, 0.25) is 0 Å². The summed E-state index contributed by atoms with van der Waals surface area (Å²) in [5.74, 6) is -3.10. The Morgan fingerprint density at radius 1 is 0.980 bits per heavy atom. The normalized spacial score (nSPS) is 20.5. The van der Waals surface area contributed by atoms with Gasteiger partial charge in [-0.1, -0.05) is 96.2 Å². The smallest absolute Gasteiger partial charge is 0.352 e. The number of cyclic esters (lactones) is 1. The first-order valence-corrected chi connectivity index (χ1v) is 17.6. The van der Waals surface area contributed by atoms with Crippen molar-refractivity contribution in [1.29, 1.82) is 0 Å². The Morgan fingerprint density at radius 3 is 2.10 bits per heavy atom. The number of hydrogen-bond acceptors (Lipinski definition) is 11. The van der Waals surface area contributed by atoms with Gasteiger partial charge in [-0.25, -0.2) is 9.78 Å². The zero-order valence-corrected chi connectivity index (χ0v) is 28.3. The van der Waals surface area contributed by atoms with Gasteiger partial charge in [-0.2, -0.15) is 0 Å². The molecule has 3 aliphatic rings. The summed E-state index contributed by atoms with van der Waals surface area (Å²) in [6.07, 6.45) is 0.0596. The molecule has 0 saturated carbocycles. The number of aliphatic carboxylic acids is 1. The third kappa shape index (κ3) is 5.90. The number of carbonyl (C=O) groups excluding carboxylic acids is 3. The number of carboxylic acid groups (broad SMARTS) is 1. The number of esters is 1. The van der Waals surface area contributed by atoms with Crippen LogP contribution in [-0.2, 0) is 34.3 Å². The zero-order valence-electron chi connectivity index (χ0n) is 26.6. The number of nitrogens with zero attached hydrogens (tertiary/aromatic N) is 3. The van der Waals surface area contributed by atoms with E-state index in [4.69, 9.17) is 14.6 Å². The number of β-lactam (4-membered cyclic amide) rings is 1. The van der Waals surface area contributed by atoms with Crippen molar-refractivity contribution in [2.75, 3.05) is 24.8 Å². The molecule has 7 rings (SSSR count). The van der Waals surface area contributed by atoms with E-state index >= 15 is 0 Å². The lowest BCUT2D eigenvalue weighted by atomic mass is 9.77. The third-order valence-corrected chi connectivity index (χ3v) is 11.0. The number of carbonyl (C=O) groups is 4. The molecule has 3 aromatic carbocycles. The van der Waals surface area contributed by atoms with Gasteiger partial charge in [0.2, 0.25) is 0 Å². The maximum atomic E-state index is 13.7. The predicted octanol–water partition coefficient (Wildman–Crippen LogP) is 4.20. The molecule has 0 aliphatic carbocycles. The Kier molecular flexibility index (Phi) is 9.12. The second-order valence-corrected chi connectivity index (χ2v) is 13.7. The Bertz CT molecular complexity index is 1910. The Morgan fingerprint density at radius 2 is 1.58 bits per heavy atom. The van der Waals surface area contributed by atoms with Crippen LogP contribution in [0.15, 0.2) is 113 Å². The fourth-order valence-electron chi connectivity index (χ4n) is 6.58. The molecule has 14 heteroatoms. The van der Waals surface area contributed by atoms with Gasteiger partial charge in [0.05, 0.1) is 13.0 Å². The number of thiazole rings is 1. The van der Waals surface area contributed by atoms with E-state index in [0.29, 0.717) is 10.7 Å². The molecule has 0 bridgehead atoms. The number of anilines is 1. The van der Waals surface area contributed by atoms with Gasteiger partial charge in [0, 0.05) is 17.1 Å². The van der Waals surface area contributed by atoms with Crippen LogP contribution >= 0.6 is 23.1 Å². The van der Waals surface area contributed by atoms with E-state index in [2.05, 4.69) is 15.8 Å². The molecule has 4 heterocycles. The average Bonchev–Trinajstić information content (AvgIpc) is 3.80. The van der Waals surface area contributed by atoms with Gasteiger partial charge in [0.25, 0.3) is 11.8 Å².